The predicted octanol–water partition coefficient (Wildman–Crippen LogP) is 2.81. The highest BCUT2D eigenvalue weighted by molar-refractivity contribution is 5.68. The van der Waals surface area contributed by atoms with Gasteiger partial charge < -0.3 is 19.9 Å². The molecule has 1 atom stereocenters. The van der Waals surface area contributed by atoms with E-state index >= 15 is 0 Å². The Balaban J connectivity index is 3.99. The third-order valence-corrected chi connectivity index (χ3v) is 2.68. The molecule has 0 rings (SSSR count). The van der Waals surface area contributed by atoms with Crippen LogP contribution in [0.1, 0.15) is 53.4 Å². The minimum Gasteiger partial charge on any atom is -0.481 e. The third-order valence-electron chi connectivity index (χ3n) is 2.68. The molecule has 0 aliphatic heterocycles. The average molecular weight is 303 g/mol. The fourth-order valence-corrected chi connectivity index (χ4v) is 1.68. The molecule has 0 heterocycles. The lowest BCUT2D eigenvalue weighted by molar-refractivity contribution is -0.138. The number of carboxylic acid groups (broad SMARTS) is 1. The van der Waals surface area contributed by atoms with Gasteiger partial charge in [0.15, 0.2) is 0 Å². The molecule has 21 heavy (non-hydrogen) atoms. The summed E-state index contributed by atoms with van der Waals surface area (Å²) in [5.41, 5.74) is -0.534. The Morgan fingerprint density at radius 3 is 2.48 bits per heavy atom. The Labute approximate surface area is 127 Å². The molecule has 0 saturated carbocycles. The minimum atomic E-state index is -0.851. The number of carboxylic acids is 1. The summed E-state index contributed by atoms with van der Waals surface area (Å²) < 4.78 is 10.6. The SMILES string of the molecule is CCCCOCC(CCNC(=O)OC(C)(C)C)CC(=O)O. The maximum Gasteiger partial charge on any atom is 0.407 e. The molecule has 0 aliphatic rings. The van der Waals surface area contributed by atoms with Gasteiger partial charge in [0.05, 0.1) is 13.0 Å². The Kier molecular flexibility index (Phi) is 9.78. The van der Waals surface area contributed by atoms with Crippen LogP contribution in [0.4, 0.5) is 4.79 Å². The molecule has 0 aromatic carbocycles. The van der Waals surface area contributed by atoms with Crippen molar-refractivity contribution in [3.05, 3.63) is 0 Å². The molecule has 0 spiro atoms. The highest BCUT2D eigenvalue weighted by atomic mass is 16.6. The van der Waals surface area contributed by atoms with E-state index in [4.69, 9.17) is 14.6 Å². The molecule has 0 aromatic rings. The van der Waals surface area contributed by atoms with Crippen LogP contribution in [-0.2, 0) is 14.3 Å². The molecule has 6 nitrogen and oxygen atoms in total. The lowest BCUT2D eigenvalue weighted by Gasteiger charge is -2.20. The van der Waals surface area contributed by atoms with E-state index in [1.165, 1.54) is 0 Å². The maximum atomic E-state index is 11.5. The van der Waals surface area contributed by atoms with Gasteiger partial charge in [-0.15, -0.1) is 0 Å². The highest BCUT2D eigenvalue weighted by Crippen LogP contribution is 2.10. The molecule has 0 fully saturated rings. The van der Waals surface area contributed by atoms with Gasteiger partial charge in [0.1, 0.15) is 5.60 Å². The third kappa shape index (κ3) is 13.4. The molecule has 2 N–H and O–H groups in total. The van der Waals surface area contributed by atoms with Crippen molar-refractivity contribution in [2.24, 2.45) is 5.92 Å². The Hall–Kier alpha value is -1.30. The van der Waals surface area contributed by atoms with Crippen molar-refractivity contribution < 1.29 is 24.2 Å². The van der Waals surface area contributed by atoms with Crippen LogP contribution in [0.25, 0.3) is 0 Å². The first kappa shape index (κ1) is 19.7. The highest BCUT2D eigenvalue weighted by Gasteiger charge is 2.17. The standard InChI is InChI=1S/C15H29NO5/c1-5-6-9-20-11-12(10-13(17)18)7-8-16-14(19)21-15(2,3)4/h12H,5-11H2,1-4H3,(H,16,19)(H,17,18). The first-order chi connectivity index (χ1) is 9.74. The fraction of sp³-hybridized carbons (Fsp3) is 0.867. The van der Waals surface area contributed by atoms with Crippen molar-refractivity contribution in [1.82, 2.24) is 5.32 Å². The van der Waals surface area contributed by atoms with E-state index in [9.17, 15) is 9.59 Å². The number of alkyl carbamates (subject to hydrolysis) is 1. The number of ether oxygens (including phenoxy) is 2. The van der Waals surface area contributed by atoms with E-state index in [1.807, 2.05) is 0 Å². The molecule has 0 saturated heterocycles. The second kappa shape index (κ2) is 10.4. The summed E-state index contributed by atoms with van der Waals surface area (Å²) in [6.45, 7) is 8.88. The number of amides is 1. The number of unbranched alkanes of at least 4 members (excludes halogenated alkanes) is 1. The summed E-state index contributed by atoms with van der Waals surface area (Å²) in [5, 5.41) is 11.5. The number of hydrogen-bond acceptors (Lipinski definition) is 4. The van der Waals surface area contributed by atoms with Crippen molar-refractivity contribution in [1.29, 1.82) is 0 Å². The largest absolute Gasteiger partial charge is 0.481 e. The van der Waals surface area contributed by atoms with Crippen LogP contribution in [0, 0.1) is 5.92 Å². The first-order valence-corrected chi connectivity index (χ1v) is 7.51. The van der Waals surface area contributed by atoms with Crippen molar-refractivity contribution in [3.8, 4) is 0 Å². The van der Waals surface area contributed by atoms with Crippen LogP contribution < -0.4 is 5.32 Å². The number of nitrogens with one attached hydrogen (secondary N) is 1. The van der Waals surface area contributed by atoms with Crippen LogP contribution in [0.15, 0.2) is 0 Å². The lowest BCUT2D eigenvalue weighted by atomic mass is 10.0. The Morgan fingerprint density at radius 1 is 1.29 bits per heavy atom. The molecular formula is C15H29NO5. The maximum absolute atomic E-state index is 11.5. The van der Waals surface area contributed by atoms with E-state index in [2.05, 4.69) is 12.2 Å². The Morgan fingerprint density at radius 2 is 1.95 bits per heavy atom. The van der Waals surface area contributed by atoms with Crippen molar-refractivity contribution in [2.45, 2.75) is 59.0 Å². The van der Waals surface area contributed by atoms with Crippen molar-refractivity contribution in [3.63, 3.8) is 0 Å². The van der Waals surface area contributed by atoms with Gasteiger partial charge in [-0.25, -0.2) is 4.79 Å². The van der Waals surface area contributed by atoms with Gasteiger partial charge in [0.2, 0.25) is 0 Å². The molecule has 124 valence electrons. The molecule has 6 heteroatoms. The summed E-state index contributed by atoms with van der Waals surface area (Å²) in [6, 6.07) is 0. The van der Waals surface area contributed by atoms with E-state index in [-0.39, 0.29) is 12.3 Å². The molecule has 0 radical (unpaired) electrons. The zero-order valence-electron chi connectivity index (χ0n) is 13.6. The van der Waals surface area contributed by atoms with Gasteiger partial charge in [0.25, 0.3) is 0 Å². The number of carbonyl (C=O) groups is 2. The van der Waals surface area contributed by atoms with Gasteiger partial charge in [-0.2, -0.15) is 0 Å². The van der Waals surface area contributed by atoms with Crippen LogP contribution in [0.2, 0.25) is 0 Å². The smallest absolute Gasteiger partial charge is 0.407 e. The van der Waals surface area contributed by atoms with Gasteiger partial charge >= 0.3 is 12.1 Å². The zero-order chi connectivity index (χ0) is 16.3. The molecule has 0 aliphatic carbocycles. The second-order valence-electron chi connectivity index (χ2n) is 6.11. The van der Waals surface area contributed by atoms with E-state index in [0.29, 0.717) is 26.2 Å². The molecule has 0 bridgehead atoms. The topological polar surface area (TPSA) is 84.9 Å². The van der Waals surface area contributed by atoms with E-state index in [0.717, 1.165) is 12.8 Å². The van der Waals surface area contributed by atoms with Crippen LogP contribution >= 0.6 is 0 Å². The summed E-state index contributed by atoms with van der Waals surface area (Å²) >= 11 is 0. The van der Waals surface area contributed by atoms with Crippen LogP contribution in [0.5, 0.6) is 0 Å². The molecular weight excluding hydrogens is 274 g/mol. The number of rotatable bonds is 10. The summed E-state index contributed by atoms with van der Waals surface area (Å²) in [6.07, 6.45) is 2.13. The summed E-state index contributed by atoms with van der Waals surface area (Å²) in [5.74, 6) is -0.953. The lowest BCUT2D eigenvalue weighted by Crippen LogP contribution is -2.34. The zero-order valence-corrected chi connectivity index (χ0v) is 13.6. The van der Waals surface area contributed by atoms with E-state index < -0.39 is 17.7 Å². The monoisotopic (exact) mass is 303 g/mol. The molecule has 0 aromatic heterocycles. The van der Waals surface area contributed by atoms with Gasteiger partial charge in [-0.3, -0.25) is 4.79 Å². The van der Waals surface area contributed by atoms with Crippen LogP contribution in [0.3, 0.4) is 0 Å². The normalized spacial score (nSPS) is 12.8. The fourth-order valence-electron chi connectivity index (χ4n) is 1.68. The van der Waals surface area contributed by atoms with E-state index in [1.54, 1.807) is 20.8 Å². The van der Waals surface area contributed by atoms with Gasteiger partial charge in [-0.05, 0) is 39.5 Å². The number of carbonyl (C=O) groups excluding carboxylic acids is 1. The first-order valence-electron chi connectivity index (χ1n) is 7.51. The summed E-state index contributed by atoms with van der Waals surface area (Å²) in [4.78, 5) is 22.3. The molecule has 1 amide bonds. The second-order valence-corrected chi connectivity index (χ2v) is 6.11. The number of hydrogen-bond donors (Lipinski definition) is 2. The average Bonchev–Trinajstić information content (AvgIpc) is 2.31. The van der Waals surface area contributed by atoms with Gasteiger partial charge in [-0.1, -0.05) is 13.3 Å². The Bertz CT molecular complexity index is 312. The van der Waals surface area contributed by atoms with Gasteiger partial charge in [0, 0.05) is 13.2 Å². The van der Waals surface area contributed by atoms with Crippen molar-refractivity contribution >= 4 is 12.1 Å². The van der Waals surface area contributed by atoms with Crippen molar-refractivity contribution in [2.75, 3.05) is 19.8 Å². The quantitative estimate of drug-likeness (QED) is 0.606. The summed E-state index contributed by atoms with van der Waals surface area (Å²) in [7, 11) is 0. The number of aliphatic carboxylic acids is 1. The molecule has 1 unspecified atom stereocenters. The van der Waals surface area contributed by atoms with Crippen LogP contribution in [-0.4, -0.2) is 42.5 Å². The minimum absolute atomic E-state index is 0.0438. The predicted molar refractivity (Wildman–Crippen MR) is 80.3 cm³/mol.